The number of rotatable bonds is 6. The van der Waals surface area contributed by atoms with E-state index in [2.05, 4.69) is 15.5 Å². The number of Topliss-reactive ketones (excluding diaryl/α,β-unsaturated/α-hetero) is 1. The summed E-state index contributed by atoms with van der Waals surface area (Å²) in [5, 5.41) is 11.3. The number of nitrogens with zero attached hydrogens (tertiary/aromatic N) is 4. The van der Waals surface area contributed by atoms with E-state index in [4.69, 9.17) is 4.74 Å². The molecule has 1 aromatic heterocycles. The van der Waals surface area contributed by atoms with Crippen molar-refractivity contribution in [3.63, 3.8) is 0 Å². The lowest BCUT2D eigenvalue weighted by atomic mass is 9.90. The summed E-state index contributed by atoms with van der Waals surface area (Å²) in [5.74, 6) is -0.458. The van der Waals surface area contributed by atoms with Crippen LogP contribution in [-0.2, 0) is 22.4 Å². The van der Waals surface area contributed by atoms with Crippen LogP contribution in [0.5, 0.6) is 0 Å². The summed E-state index contributed by atoms with van der Waals surface area (Å²) in [6, 6.07) is 15.1. The van der Waals surface area contributed by atoms with Crippen molar-refractivity contribution < 1.29 is 14.3 Å². The minimum Gasteiger partial charge on any atom is -0.453 e. The van der Waals surface area contributed by atoms with Gasteiger partial charge in [0.05, 0.1) is 0 Å². The maximum atomic E-state index is 12.8. The zero-order valence-electron chi connectivity index (χ0n) is 16.7. The molecule has 152 valence electrons. The third-order valence-corrected chi connectivity index (χ3v) is 5.17. The van der Waals surface area contributed by atoms with Gasteiger partial charge in [0, 0.05) is 5.56 Å². The number of hydrogen-bond donors (Lipinski definition) is 0. The lowest BCUT2D eigenvalue weighted by Crippen LogP contribution is -2.19. The quantitative estimate of drug-likeness (QED) is 0.357. The maximum Gasteiger partial charge on any atom is 0.357 e. The number of hydrogen-bond acceptors (Lipinski definition) is 6. The van der Waals surface area contributed by atoms with Crippen molar-refractivity contribution in [3.05, 3.63) is 76.6 Å². The van der Waals surface area contributed by atoms with Crippen LogP contribution in [0.4, 0.5) is 0 Å². The smallest absolute Gasteiger partial charge is 0.357 e. The molecule has 1 aliphatic carbocycles. The van der Waals surface area contributed by atoms with Crippen molar-refractivity contribution in [3.8, 4) is 0 Å². The van der Waals surface area contributed by atoms with Crippen LogP contribution in [0.25, 0.3) is 11.8 Å². The summed E-state index contributed by atoms with van der Waals surface area (Å²) in [4.78, 5) is 25.4. The second-order valence-corrected chi connectivity index (χ2v) is 7.27. The van der Waals surface area contributed by atoms with Gasteiger partial charge in [-0.1, -0.05) is 42.5 Å². The molecule has 0 aliphatic heterocycles. The lowest BCUT2D eigenvalue weighted by molar-refractivity contribution is -0.136. The van der Waals surface area contributed by atoms with Gasteiger partial charge >= 0.3 is 5.97 Å². The third-order valence-electron chi connectivity index (χ3n) is 5.17. The highest BCUT2D eigenvalue weighted by atomic mass is 16.5. The van der Waals surface area contributed by atoms with Crippen LogP contribution in [0, 0.1) is 6.92 Å². The molecule has 0 unspecified atom stereocenters. The Morgan fingerprint density at radius 3 is 2.57 bits per heavy atom. The minimum absolute atomic E-state index is 0.141. The molecule has 30 heavy (non-hydrogen) atoms. The van der Waals surface area contributed by atoms with Crippen molar-refractivity contribution >= 4 is 23.5 Å². The summed E-state index contributed by atoms with van der Waals surface area (Å²) in [5.41, 5.74) is 4.02. The molecule has 0 radical (unpaired) electrons. The molecule has 1 heterocycles. The van der Waals surface area contributed by atoms with E-state index in [-0.39, 0.29) is 18.1 Å². The van der Waals surface area contributed by atoms with Crippen molar-refractivity contribution in [2.45, 2.75) is 32.6 Å². The van der Waals surface area contributed by atoms with Crippen LogP contribution in [-0.4, -0.2) is 38.6 Å². The second kappa shape index (κ2) is 8.82. The number of ketones is 1. The van der Waals surface area contributed by atoms with Crippen molar-refractivity contribution in [2.24, 2.45) is 0 Å². The summed E-state index contributed by atoms with van der Waals surface area (Å²) in [6.45, 7) is 1.34. The SMILES string of the molecule is Cc1nnnn1/C(=C\c1ccccc1)C(=O)OCC(=O)c1ccc2c(c1)CCCC2. The average molecular weight is 402 g/mol. The Hall–Kier alpha value is -3.61. The largest absolute Gasteiger partial charge is 0.453 e. The van der Waals surface area contributed by atoms with Crippen molar-refractivity contribution in [1.29, 1.82) is 0 Å². The highest BCUT2D eigenvalue weighted by Gasteiger charge is 2.20. The zero-order chi connectivity index (χ0) is 20.9. The number of benzene rings is 2. The van der Waals surface area contributed by atoms with E-state index in [1.807, 2.05) is 48.5 Å². The zero-order valence-corrected chi connectivity index (χ0v) is 16.7. The van der Waals surface area contributed by atoms with E-state index in [9.17, 15) is 9.59 Å². The van der Waals surface area contributed by atoms with Gasteiger partial charge in [0.2, 0.25) is 0 Å². The Labute approximate surface area is 174 Å². The predicted molar refractivity (Wildman–Crippen MR) is 112 cm³/mol. The van der Waals surface area contributed by atoms with Gasteiger partial charge in [-0.2, -0.15) is 4.68 Å². The molecule has 4 rings (SSSR count). The molecular weight excluding hydrogens is 380 g/mol. The summed E-state index contributed by atoms with van der Waals surface area (Å²) in [6.07, 6.45) is 6.00. The van der Waals surface area contributed by atoms with Crippen LogP contribution < -0.4 is 0 Å². The monoisotopic (exact) mass is 402 g/mol. The minimum atomic E-state index is -0.666. The molecule has 7 heteroatoms. The molecule has 7 nitrogen and oxygen atoms in total. The molecule has 0 amide bonds. The third kappa shape index (κ3) is 4.35. The Balaban J connectivity index is 1.51. The van der Waals surface area contributed by atoms with Gasteiger partial charge in [0.15, 0.2) is 23.9 Å². The molecule has 0 atom stereocenters. The van der Waals surface area contributed by atoms with E-state index in [0.717, 1.165) is 24.8 Å². The van der Waals surface area contributed by atoms with Crippen molar-refractivity contribution in [1.82, 2.24) is 20.2 Å². The van der Waals surface area contributed by atoms with Gasteiger partial charge in [0.1, 0.15) is 0 Å². The van der Waals surface area contributed by atoms with Gasteiger partial charge in [-0.05, 0) is 71.9 Å². The summed E-state index contributed by atoms with van der Waals surface area (Å²) < 4.78 is 6.65. The van der Waals surface area contributed by atoms with Gasteiger partial charge in [0.25, 0.3) is 0 Å². The van der Waals surface area contributed by atoms with Gasteiger partial charge in [-0.25, -0.2) is 4.79 Å². The van der Waals surface area contributed by atoms with Crippen LogP contribution in [0.1, 0.15) is 45.7 Å². The topological polar surface area (TPSA) is 87.0 Å². The van der Waals surface area contributed by atoms with Crippen LogP contribution in [0.15, 0.2) is 48.5 Å². The number of carbonyl (C=O) groups is 2. The fraction of sp³-hybridized carbons (Fsp3) is 0.261. The van der Waals surface area contributed by atoms with Gasteiger partial charge < -0.3 is 4.74 Å². The number of fused-ring (bicyclic) bond motifs is 1. The fourth-order valence-electron chi connectivity index (χ4n) is 3.56. The van der Waals surface area contributed by atoms with E-state index in [0.29, 0.717) is 11.4 Å². The first-order valence-corrected chi connectivity index (χ1v) is 9.96. The molecule has 2 aromatic carbocycles. The van der Waals surface area contributed by atoms with Gasteiger partial charge in [-0.3, -0.25) is 4.79 Å². The number of tetrazole rings is 1. The summed E-state index contributed by atoms with van der Waals surface area (Å²) >= 11 is 0. The second-order valence-electron chi connectivity index (χ2n) is 7.27. The Bertz CT molecular complexity index is 1100. The Morgan fingerprint density at radius 1 is 1.07 bits per heavy atom. The first kappa shape index (κ1) is 19.7. The van der Waals surface area contributed by atoms with E-state index in [1.165, 1.54) is 22.2 Å². The molecule has 3 aromatic rings. The first-order chi connectivity index (χ1) is 14.6. The number of carbonyl (C=O) groups excluding carboxylic acids is 2. The van der Waals surface area contributed by atoms with E-state index < -0.39 is 5.97 Å². The lowest BCUT2D eigenvalue weighted by Gasteiger charge is -2.16. The molecule has 1 aliphatic rings. The Morgan fingerprint density at radius 2 is 1.83 bits per heavy atom. The summed E-state index contributed by atoms with van der Waals surface area (Å²) in [7, 11) is 0. The van der Waals surface area contributed by atoms with E-state index in [1.54, 1.807) is 13.0 Å². The van der Waals surface area contributed by atoms with Gasteiger partial charge in [-0.15, -0.1) is 5.10 Å². The first-order valence-electron chi connectivity index (χ1n) is 9.96. The van der Waals surface area contributed by atoms with E-state index >= 15 is 0 Å². The van der Waals surface area contributed by atoms with Crippen LogP contribution in [0.2, 0.25) is 0 Å². The number of ether oxygens (including phenoxy) is 1. The molecule has 0 spiro atoms. The van der Waals surface area contributed by atoms with Crippen LogP contribution >= 0.6 is 0 Å². The average Bonchev–Trinajstić information content (AvgIpc) is 3.21. The molecule has 0 fully saturated rings. The van der Waals surface area contributed by atoms with Crippen LogP contribution in [0.3, 0.4) is 0 Å². The number of aromatic nitrogens is 4. The Kier molecular flexibility index (Phi) is 5.79. The molecule has 0 bridgehead atoms. The number of aryl methyl sites for hydroxylation is 3. The van der Waals surface area contributed by atoms with Crippen molar-refractivity contribution in [2.75, 3.05) is 6.61 Å². The molecule has 0 saturated carbocycles. The molecule has 0 saturated heterocycles. The highest BCUT2D eigenvalue weighted by Crippen LogP contribution is 2.22. The maximum absolute atomic E-state index is 12.8. The molecular formula is C23H22N4O3. The standard InChI is InChI=1S/C23H22N4O3/c1-16-24-25-26-27(16)21(13-17-7-3-2-4-8-17)23(29)30-15-22(28)20-12-11-18-9-5-6-10-19(18)14-20/h2-4,7-8,11-14H,5-6,9-10,15H2,1H3/b21-13-. The fourth-order valence-corrected chi connectivity index (χ4v) is 3.56. The number of esters is 1. The predicted octanol–water partition coefficient (Wildman–Crippen LogP) is 3.28. The normalized spacial score (nSPS) is 13.6. The molecule has 0 N–H and O–H groups in total. The highest BCUT2D eigenvalue weighted by molar-refractivity contribution is 6.16.